The molecule has 154 valence electrons. The van der Waals surface area contributed by atoms with Crippen LogP contribution in [0.25, 0.3) is 0 Å². The second-order valence-corrected chi connectivity index (χ2v) is 7.18. The van der Waals surface area contributed by atoms with Crippen molar-refractivity contribution in [3.05, 3.63) is 57.2 Å². The van der Waals surface area contributed by atoms with Crippen LogP contribution in [0.1, 0.15) is 24.2 Å². The van der Waals surface area contributed by atoms with E-state index >= 15 is 0 Å². The number of pyridine rings is 1. The lowest BCUT2D eigenvalue weighted by Crippen LogP contribution is -2.49. The molecule has 1 amide bonds. The molecule has 9 heteroatoms. The molecule has 0 unspecified atom stereocenters. The Morgan fingerprint density at radius 1 is 1.17 bits per heavy atom. The van der Waals surface area contributed by atoms with Gasteiger partial charge in [0.2, 0.25) is 0 Å². The quantitative estimate of drug-likeness (QED) is 0.528. The van der Waals surface area contributed by atoms with Gasteiger partial charge in [0.05, 0.1) is 10.5 Å². The Labute approximate surface area is 174 Å². The third-order valence-corrected chi connectivity index (χ3v) is 5.36. The van der Waals surface area contributed by atoms with Crippen LogP contribution < -0.4 is 9.80 Å². The van der Waals surface area contributed by atoms with Crippen molar-refractivity contribution in [2.45, 2.75) is 13.8 Å². The van der Waals surface area contributed by atoms with E-state index in [-0.39, 0.29) is 11.6 Å². The van der Waals surface area contributed by atoms with Crippen LogP contribution in [0.4, 0.5) is 17.2 Å². The van der Waals surface area contributed by atoms with Crippen molar-refractivity contribution in [3.63, 3.8) is 0 Å². The number of amides is 1. The second-order valence-electron chi connectivity index (χ2n) is 6.75. The molecule has 3 rings (SSSR count). The minimum Gasteiger partial charge on any atom is -0.362 e. The van der Waals surface area contributed by atoms with E-state index in [2.05, 4.69) is 23.7 Å². The van der Waals surface area contributed by atoms with Gasteiger partial charge in [0.25, 0.3) is 11.6 Å². The van der Waals surface area contributed by atoms with Crippen LogP contribution >= 0.6 is 11.6 Å². The summed E-state index contributed by atoms with van der Waals surface area (Å²) in [5, 5.41) is 11.7. The molecule has 1 aromatic heterocycles. The van der Waals surface area contributed by atoms with E-state index < -0.39 is 4.92 Å². The van der Waals surface area contributed by atoms with Gasteiger partial charge in [-0.05, 0) is 38.1 Å². The number of benzene rings is 1. The molecule has 0 aliphatic carbocycles. The topological polar surface area (TPSA) is 82.8 Å². The van der Waals surface area contributed by atoms with Gasteiger partial charge in [0, 0.05) is 56.6 Å². The highest BCUT2D eigenvalue weighted by atomic mass is 35.5. The number of hydrogen-bond acceptors (Lipinski definition) is 6. The van der Waals surface area contributed by atoms with E-state index in [1.807, 2.05) is 11.0 Å². The highest BCUT2D eigenvalue weighted by Gasteiger charge is 2.26. The van der Waals surface area contributed by atoms with Crippen LogP contribution in [-0.2, 0) is 0 Å². The SMILES string of the molecule is CCN(CC)c1ccc(C(=O)N2CCN(c3ccc(Cl)cc3[N+](=O)[O-])CC2)cn1. The van der Waals surface area contributed by atoms with Gasteiger partial charge >= 0.3 is 0 Å². The number of nitro groups is 1. The fourth-order valence-electron chi connectivity index (χ4n) is 3.49. The maximum Gasteiger partial charge on any atom is 0.294 e. The first-order chi connectivity index (χ1) is 13.9. The van der Waals surface area contributed by atoms with Gasteiger partial charge in [-0.3, -0.25) is 14.9 Å². The van der Waals surface area contributed by atoms with Gasteiger partial charge in [0.1, 0.15) is 11.5 Å². The molecule has 1 aliphatic rings. The minimum absolute atomic E-state index is 0.0199. The molecule has 8 nitrogen and oxygen atoms in total. The van der Waals surface area contributed by atoms with Gasteiger partial charge in [-0.2, -0.15) is 0 Å². The van der Waals surface area contributed by atoms with Crippen LogP contribution in [0, 0.1) is 10.1 Å². The predicted molar refractivity (Wildman–Crippen MR) is 114 cm³/mol. The van der Waals surface area contributed by atoms with Crippen LogP contribution in [0.15, 0.2) is 36.5 Å². The summed E-state index contributed by atoms with van der Waals surface area (Å²) in [5.41, 5.74) is 1.05. The number of nitrogens with zero attached hydrogens (tertiary/aromatic N) is 5. The van der Waals surface area contributed by atoms with E-state index in [1.165, 1.54) is 6.07 Å². The summed E-state index contributed by atoms with van der Waals surface area (Å²) in [7, 11) is 0. The Morgan fingerprint density at radius 2 is 1.86 bits per heavy atom. The Balaban J connectivity index is 1.66. The zero-order valence-corrected chi connectivity index (χ0v) is 17.3. The maximum atomic E-state index is 12.8. The average Bonchev–Trinajstić information content (AvgIpc) is 2.74. The molecule has 0 saturated carbocycles. The van der Waals surface area contributed by atoms with Gasteiger partial charge in [0.15, 0.2) is 0 Å². The Kier molecular flexibility index (Phi) is 6.53. The molecule has 2 aromatic rings. The van der Waals surface area contributed by atoms with Gasteiger partial charge in [-0.1, -0.05) is 11.6 Å². The van der Waals surface area contributed by atoms with E-state index in [4.69, 9.17) is 11.6 Å². The molecule has 1 aromatic carbocycles. The number of carbonyl (C=O) groups excluding carboxylic acids is 1. The molecular weight excluding hydrogens is 394 g/mol. The largest absolute Gasteiger partial charge is 0.362 e. The number of aromatic nitrogens is 1. The summed E-state index contributed by atoms with van der Waals surface area (Å²) < 4.78 is 0. The van der Waals surface area contributed by atoms with Crippen molar-refractivity contribution in [2.24, 2.45) is 0 Å². The lowest BCUT2D eigenvalue weighted by molar-refractivity contribution is -0.384. The zero-order valence-electron chi connectivity index (χ0n) is 16.5. The summed E-state index contributed by atoms with van der Waals surface area (Å²) in [6, 6.07) is 8.34. The van der Waals surface area contributed by atoms with E-state index in [0.29, 0.717) is 42.5 Å². The molecule has 29 heavy (non-hydrogen) atoms. The van der Waals surface area contributed by atoms with E-state index in [9.17, 15) is 14.9 Å². The third-order valence-electron chi connectivity index (χ3n) is 5.12. The summed E-state index contributed by atoms with van der Waals surface area (Å²) in [6.45, 7) is 7.83. The molecule has 0 bridgehead atoms. The fourth-order valence-corrected chi connectivity index (χ4v) is 3.66. The van der Waals surface area contributed by atoms with Gasteiger partial charge in [-0.25, -0.2) is 4.98 Å². The average molecular weight is 418 g/mol. The first-order valence-corrected chi connectivity index (χ1v) is 10.0. The van der Waals surface area contributed by atoms with Gasteiger partial charge < -0.3 is 14.7 Å². The van der Waals surface area contributed by atoms with Crippen molar-refractivity contribution in [3.8, 4) is 0 Å². The van der Waals surface area contributed by atoms with Gasteiger partial charge in [-0.15, -0.1) is 0 Å². The number of nitro benzene ring substituents is 1. The summed E-state index contributed by atoms with van der Waals surface area (Å²) in [5.74, 6) is 0.778. The smallest absolute Gasteiger partial charge is 0.294 e. The second kappa shape index (κ2) is 9.09. The first kappa shape index (κ1) is 20.9. The molecule has 0 radical (unpaired) electrons. The lowest BCUT2D eigenvalue weighted by atomic mass is 10.2. The van der Waals surface area contributed by atoms with Crippen molar-refractivity contribution in [2.75, 3.05) is 49.1 Å². The fraction of sp³-hybridized carbons (Fsp3) is 0.400. The molecule has 1 aliphatic heterocycles. The van der Waals surface area contributed by atoms with E-state index in [1.54, 1.807) is 29.3 Å². The molecular formula is C20H24ClN5O3. The Bertz CT molecular complexity index is 878. The Morgan fingerprint density at radius 3 is 2.41 bits per heavy atom. The van der Waals surface area contributed by atoms with Crippen molar-refractivity contribution >= 4 is 34.7 Å². The zero-order chi connectivity index (χ0) is 21.0. The van der Waals surface area contributed by atoms with Crippen molar-refractivity contribution in [1.82, 2.24) is 9.88 Å². The summed E-state index contributed by atoms with van der Waals surface area (Å²) >= 11 is 5.90. The Hall–Kier alpha value is -2.87. The van der Waals surface area contributed by atoms with Crippen molar-refractivity contribution in [1.29, 1.82) is 0 Å². The third kappa shape index (κ3) is 4.59. The highest BCUT2D eigenvalue weighted by Crippen LogP contribution is 2.31. The molecule has 2 heterocycles. The van der Waals surface area contributed by atoms with Crippen LogP contribution in [0.5, 0.6) is 0 Å². The van der Waals surface area contributed by atoms with Crippen LogP contribution in [0.3, 0.4) is 0 Å². The first-order valence-electron chi connectivity index (χ1n) is 9.63. The number of piperazine rings is 1. The number of hydrogen-bond donors (Lipinski definition) is 0. The van der Waals surface area contributed by atoms with Crippen LogP contribution in [0.2, 0.25) is 5.02 Å². The minimum atomic E-state index is -0.429. The molecule has 0 N–H and O–H groups in total. The van der Waals surface area contributed by atoms with Crippen molar-refractivity contribution < 1.29 is 9.72 Å². The predicted octanol–water partition coefficient (Wildman–Crippen LogP) is 3.45. The summed E-state index contributed by atoms with van der Waals surface area (Å²) in [4.78, 5) is 33.9. The number of halogens is 1. The normalized spacial score (nSPS) is 14.0. The monoisotopic (exact) mass is 417 g/mol. The highest BCUT2D eigenvalue weighted by molar-refractivity contribution is 6.30. The van der Waals surface area contributed by atoms with Crippen LogP contribution in [-0.4, -0.2) is 60.0 Å². The standard InChI is InChI=1S/C20H24ClN5O3/c1-3-23(4-2)19-8-5-15(14-22-19)20(27)25-11-9-24(10-12-25)17-7-6-16(21)13-18(17)26(28)29/h5-8,13-14H,3-4,9-12H2,1-2H3. The number of carbonyl (C=O) groups is 1. The molecule has 0 spiro atoms. The number of anilines is 2. The lowest BCUT2D eigenvalue weighted by Gasteiger charge is -2.35. The molecule has 1 fully saturated rings. The molecule has 0 atom stereocenters. The molecule has 1 saturated heterocycles. The van der Waals surface area contributed by atoms with E-state index in [0.717, 1.165) is 18.9 Å². The number of rotatable bonds is 6. The maximum absolute atomic E-state index is 12.8. The summed E-state index contributed by atoms with van der Waals surface area (Å²) in [6.07, 6.45) is 1.62.